The van der Waals surface area contributed by atoms with Gasteiger partial charge >= 0.3 is 0 Å². The molecule has 1 aliphatic rings. The second-order valence-electron chi connectivity index (χ2n) is 4.52. The van der Waals surface area contributed by atoms with Crippen LogP contribution in [0.5, 0.6) is 0 Å². The zero-order valence-electron chi connectivity index (χ0n) is 9.96. The van der Waals surface area contributed by atoms with Crippen molar-refractivity contribution in [2.45, 2.75) is 58.3 Å². The van der Waals surface area contributed by atoms with Gasteiger partial charge in [-0.15, -0.1) is 0 Å². The van der Waals surface area contributed by atoms with E-state index >= 15 is 0 Å². The molecule has 0 unspecified atom stereocenters. The minimum Gasteiger partial charge on any atom is -0.381 e. The van der Waals surface area contributed by atoms with Crippen molar-refractivity contribution in [2.24, 2.45) is 5.92 Å². The zero-order valence-corrected chi connectivity index (χ0v) is 9.96. The fourth-order valence-electron chi connectivity index (χ4n) is 2.15. The summed E-state index contributed by atoms with van der Waals surface area (Å²) in [6, 6.07) is 0. The molecule has 2 nitrogen and oxygen atoms in total. The van der Waals surface area contributed by atoms with Gasteiger partial charge in [-0.1, -0.05) is 26.2 Å². The Morgan fingerprint density at radius 2 is 1.87 bits per heavy atom. The van der Waals surface area contributed by atoms with Gasteiger partial charge in [-0.05, 0) is 25.7 Å². The lowest BCUT2D eigenvalue weighted by molar-refractivity contribution is -0.123. The molecule has 15 heavy (non-hydrogen) atoms. The van der Waals surface area contributed by atoms with E-state index in [-0.39, 0.29) is 0 Å². The maximum Gasteiger partial charge on any atom is 0.136 e. The van der Waals surface area contributed by atoms with Gasteiger partial charge in [0.05, 0.1) is 0 Å². The van der Waals surface area contributed by atoms with E-state index in [9.17, 15) is 4.79 Å². The Labute approximate surface area is 93.4 Å². The largest absolute Gasteiger partial charge is 0.381 e. The third-order valence-electron chi connectivity index (χ3n) is 3.16. The monoisotopic (exact) mass is 212 g/mol. The average Bonchev–Trinajstić information content (AvgIpc) is 2.76. The van der Waals surface area contributed by atoms with Crippen molar-refractivity contribution in [1.29, 1.82) is 0 Å². The summed E-state index contributed by atoms with van der Waals surface area (Å²) in [7, 11) is 0. The second kappa shape index (κ2) is 7.86. The summed E-state index contributed by atoms with van der Waals surface area (Å²) in [5.74, 6) is 0.868. The highest BCUT2D eigenvalue weighted by Gasteiger charge is 2.21. The fourth-order valence-corrected chi connectivity index (χ4v) is 2.15. The Morgan fingerprint density at radius 3 is 2.53 bits per heavy atom. The summed E-state index contributed by atoms with van der Waals surface area (Å²) in [4.78, 5) is 11.7. The van der Waals surface area contributed by atoms with Gasteiger partial charge in [-0.2, -0.15) is 0 Å². The molecule has 0 saturated heterocycles. The summed E-state index contributed by atoms with van der Waals surface area (Å²) in [6.45, 7) is 3.78. The molecule has 1 rings (SSSR count). The first-order chi connectivity index (χ1) is 7.34. The van der Waals surface area contributed by atoms with E-state index in [0.29, 0.717) is 11.7 Å². The molecule has 88 valence electrons. The van der Waals surface area contributed by atoms with Gasteiger partial charge in [0.15, 0.2) is 0 Å². The first-order valence-electron chi connectivity index (χ1n) is 6.45. The molecule has 1 fully saturated rings. The lowest BCUT2D eigenvalue weighted by Gasteiger charge is -2.07. The highest BCUT2D eigenvalue weighted by molar-refractivity contribution is 5.81. The van der Waals surface area contributed by atoms with Crippen LogP contribution in [0, 0.1) is 5.92 Å². The van der Waals surface area contributed by atoms with Gasteiger partial charge in [0.25, 0.3) is 0 Å². The van der Waals surface area contributed by atoms with Crippen LogP contribution in [0.4, 0.5) is 0 Å². The Morgan fingerprint density at radius 1 is 1.20 bits per heavy atom. The van der Waals surface area contributed by atoms with Crippen molar-refractivity contribution in [2.75, 3.05) is 13.2 Å². The number of hydrogen-bond donors (Lipinski definition) is 0. The van der Waals surface area contributed by atoms with Gasteiger partial charge < -0.3 is 4.74 Å². The molecule has 0 N–H and O–H groups in total. The standard InChI is InChI=1S/C13H24O2/c1-2-3-10-15-11-6-9-13(14)12-7-4-5-8-12/h12H,2-11H2,1H3. The molecule has 0 radical (unpaired) electrons. The third kappa shape index (κ3) is 5.31. The molecule has 2 heteroatoms. The van der Waals surface area contributed by atoms with E-state index in [4.69, 9.17) is 4.74 Å². The van der Waals surface area contributed by atoms with Crippen LogP contribution >= 0.6 is 0 Å². The Bertz CT molecular complexity index is 171. The molecule has 0 spiro atoms. The first kappa shape index (κ1) is 12.7. The quantitative estimate of drug-likeness (QED) is 0.577. The lowest BCUT2D eigenvalue weighted by Crippen LogP contribution is -2.11. The molecule has 0 aromatic carbocycles. The van der Waals surface area contributed by atoms with Crippen molar-refractivity contribution in [3.05, 3.63) is 0 Å². The van der Waals surface area contributed by atoms with Crippen molar-refractivity contribution in [1.82, 2.24) is 0 Å². The van der Waals surface area contributed by atoms with E-state index in [0.717, 1.165) is 45.3 Å². The highest BCUT2D eigenvalue weighted by Crippen LogP contribution is 2.26. The van der Waals surface area contributed by atoms with E-state index in [1.165, 1.54) is 19.3 Å². The van der Waals surface area contributed by atoms with Crippen LogP contribution in [0.3, 0.4) is 0 Å². The van der Waals surface area contributed by atoms with E-state index in [1.54, 1.807) is 0 Å². The summed E-state index contributed by atoms with van der Waals surface area (Å²) in [5.41, 5.74) is 0. The number of ether oxygens (including phenoxy) is 1. The molecule has 0 heterocycles. The van der Waals surface area contributed by atoms with E-state index < -0.39 is 0 Å². The van der Waals surface area contributed by atoms with Crippen LogP contribution in [-0.4, -0.2) is 19.0 Å². The third-order valence-corrected chi connectivity index (χ3v) is 3.16. The second-order valence-corrected chi connectivity index (χ2v) is 4.52. The first-order valence-corrected chi connectivity index (χ1v) is 6.45. The Balaban J connectivity index is 1.92. The van der Waals surface area contributed by atoms with Crippen molar-refractivity contribution < 1.29 is 9.53 Å². The average molecular weight is 212 g/mol. The van der Waals surface area contributed by atoms with Crippen molar-refractivity contribution >= 4 is 5.78 Å². The van der Waals surface area contributed by atoms with Crippen LogP contribution in [-0.2, 0) is 9.53 Å². The van der Waals surface area contributed by atoms with Crippen LogP contribution in [0.15, 0.2) is 0 Å². The van der Waals surface area contributed by atoms with Gasteiger partial charge in [-0.25, -0.2) is 0 Å². The number of carbonyl (C=O) groups is 1. The van der Waals surface area contributed by atoms with Gasteiger partial charge in [0.2, 0.25) is 0 Å². The summed E-state index contributed by atoms with van der Waals surface area (Å²) in [5, 5.41) is 0. The highest BCUT2D eigenvalue weighted by atomic mass is 16.5. The van der Waals surface area contributed by atoms with E-state index in [2.05, 4.69) is 6.92 Å². The summed E-state index contributed by atoms with van der Waals surface area (Å²) >= 11 is 0. The molecule has 0 aromatic heterocycles. The molecule has 0 aliphatic heterocycles. The SMILES string of the molecule is CCCCOCCCC(=O)C1CCCC1. The topological polar surface area (TPSA) is 26.3 Å². The molecule has 1 aliphatic carbocycles. The molecule has 1 saturated carbocycles. The van der Waals surface area contributed by atoms with Crippen LogP contribution in [0.1, 0.15) is 58.3 Å². The summed E-state index contributed by atoms with van der Waals surface area (Å²) in [6.07, 6.45) is 8.74. The van der Waals surface area contributed by atoms with Crippen LogP contribution in [0.25, 0.3) is 0 Å². The predicted molar refractivity (Wildman–Crippen MR) is 61.9 cm³/mol. The molecular weight excluding hydrogens is 188 g/mol. The van der Waals surface area contributed by atoms with Crippen LogP contribution in [0.2, 0.25) is 0 Å². The number of carbonyl (C=O) groups excluding carboxylic acids is 1. The zero-order chi connectivity index (χ0) is 10.9. The number of hydrogen-bond acceptors (Lipinski definition) is 2. The maximum atomic E-state index is 11.7. The normalized spacial score (nSPS) is 17.1. The molecule has 0 amide bonds. The van der Waals surface area contributed by atoms with Gasteiger partial charge in [0, 0.05) is 25.6 Å². The molecule has 0 aromatic rings. The number of Topliss-reactive ketones (excluding diaryl/α,β-unsaturated/α-hetero) is 1. The lowest BCUT2D eigenvalue weighted by atomic mass is 9.99. The van der Waals surface area contributed by atoms with Gasteiger partial charge in [0.1, 0.15) is 5.78 Å². The fraction of sp³-hybridized carbons (Fsp3) is 0.923. The van der Waals surface area contributed by atoms with Gasteiger partial charge in [-0.3, -0.25) is 4.79 Å². The molecule has 0 bridgehead atoms. The van der Waals surface area contributed by atoms with Crippen molar-refractivity contribution in [3.63, 3.8) is 0 Å². The van der Waals surface area contributed by atoms with E-state index in [1.807, 2.05) is 0 Å². The number of unbranched alkanes of at least 4 members (excludes halogenated alkanes) is 1. The maximum absolute atomic E-state index is 11.7. The summed E-state index contributed by atoms with van der Waals surface area (Å²) < 4.78 is 5.43. The molecule has 0 atom stereocenters. The predicted octanol–water partition coefficient (Wildman–Crippen LogP) is 3.34. The minimum absolute atomic E-state index is 0.389. The van der Waals surface area contributed by atoms with Crippen molar-refractivity contribution in [3.8, 4) is 0 Å². The van der Waals surface area contributed by atoms with Crippen LogP contribution < -0.4 is 0 Å². The number of rotatable bonds is 8. The smallest absolute Gasteiger partial charge is 0.136 e. The molecular formula is C13H24O2. The number of ketones is 1. The Kier molecular flexibility index (Phi) is 6.66. The minimum atomic E-state index is 0.389. The Hall–Kier alpha value is -0.370.